The summed E-state index contributed by atoms with van der Waals surface area (Å²) in [6.07, 6.45) is 1.40. The van der Waals surface area contributed by atoms with Crippen LogP contribution >= 0.6 is 0 Å². The number of benzene rings is 1. The minimum absolute atomic E-state index is 0.310. The second-order valence-corrected chi connectivity index (χ2v) is 4.51. The van der Waals surface area contributed by atoms with Crippen LogP contribution in [0.5, 0.6) is 0 Å². The largest absolute Gasteiger partial charge is 0.394 e. The van der Waals surface area contributed by atoms with Crippen LogP contribution in [0.2, 0.25) is 0 Å². The molecule has 0 aliphatic carbocycles. The van der Waals surface area contributed by atoms with Gasteiger partial charge in [0.15, 0.2) is 5.82 Å². The van der Waals surface area contributed by atoms with Gasteiger partial charge in [0.1, 0.15) is 0 Å². The third kappa shape index (κ3) is 3.82. The molecule has 6 heteroatoms. The highest BCUT2D eigenvalue weighted by Gasteiger charge is 2.19. The van der Waals surface area contributed by atoms with E-state index in [0.29, 0.717) is 6.42 Å². The Labute approximate surface area is 120 Å². The molecule has 1 amide bonds. The third-order valence-electron chi connectivity index (χ3n) is 2.97. The number of aromatic nitrogens is 1. The van der Waals surface area contributed by atoms with E-state index in [-0.39, 0.29) is 6.61 Å². The fourth-order valence-electron chi connectivity index (χ4n) is 1.92. The van der Waals surface area contributed by atoms with Crippen molar-refractivity contribution in [3.05, 3.63) is 65.5 Å². The number of nitrogens with one attached hydrogen (secondary N) is 1. The number of carbonyl (C=O) groups excluding carboxylic acids is 1. The smallest absolute Gasteiger partial charge is 0.254 e. The standard InChI is InChI=1S/C15H14F2N2O2/c16-13-12(6-7-18-14(13)17)15(21)19-11(9-20)8-10-4-2-1-3-5-10/h1-7,11,20H,8-9H2,(H,19,21). The highest BCUT2D eigenvalue weighted by Crippen LogP contribution is 2.10. The summed E-state index contributed by atoms with van der Waals surface area (Å²) in [6.45, 7) is -0.310. The minimum atomic E-state index is -1.33. The SMILES string of the molecule is O=C(NC(CO)Cc1ccccc1)c1ccnc(F)c1F. The molecule has 2 aromatic rings. The molecule has 4 nitrogen and oxygen atoms in total. The number of aliphatic hydroxyl groups is 1. The predicted molar refractivity (Wildman–Crippen MR) is 72.6 cm³/mol. The highest BCUT2D eigenvalue weighted by atomic mass is 19.2. The van der Waals surface area contributed by atoms with Crippen LogP contribution in [-0.2, 0) is 6.42 Å². The molecule has 0 fully saturated rings. The van der Waals surface area contributed by atoms with Crippen LogP contribution in [-0.4, -0.2) is 28.6 Å². The molecule has 1 aromatic carbocycles. The van der Waals surface area contributed by atoms with Crippen molar-refractivity contribution in [3.8, 4) is 0 Å². The molecule has 1 heterocycles. The zero-order valence-electron chi connectivity index (χ0n) is 11.1. The summed E-state index contributed by atoms with van der Waals surface area (Å²) < 4.78 is 26.5. The summed E-state index contributed by atoms with van der Waals surface area (Å²) >= 11 is 0. The van der Waals surface area contributed by atoms with Gasteiger partial charge >= 0.3 is 0 Å². The molecule has 1 aromatic heterocycles. The van der Waals surface area contributed by atoms with E-state index in [1.165, 1.54) is 0 Å². The van der Waals surface area contributed by atoms with Crippen LogP contribution in [0.1, 0.15) is 15.9 Å². The Hall–Kier alpha value is -2.34. The average molecular weight is 292 g/mol. The molecule has 21 heavy (non-hydrogen) atoms. The predicted octanol–water partition coefficient (Wildman–Crippen LogP) is 1.69. The zero-order chi connectivity index (χ0) is 15.2. The van der Waals surface area contributed by atoms with E-state index in [9.17, 15) is 18.7 Å². The van der Waals surface area contributed by atoms with Gasteiger partial charge in [0.05, 0.1) is 18.2 Å². The molecule has 0 bridgehead atoms. The van der Waals surface area contributed by atoms with Crippen molar-refractivity contribution in [2.45, 2.75) is 12.5 Å². The molecule has 0 saturated heterocycles. The summed E-state index contributed by atoms with van der Waals surface area (Å²) in [5.74, 6) is -3.42. The Kier molecular flexibility index (Phi) is 4.94. The molecule has 0 spiro atoms. The van der Waals surface area contributed by atoms with E-state index >= 15 is 0 Å². The van der Waals surface area contributed by atoms with Gasteiger partial charge in [0.25, 0.3) is 5.91 Å². The van der Waals surface area contributed by atoms with Gasteiger partial charge in [-0.1, -0.05) is 30.3 Å². The maximum Gasteiger partial charge on any atom is 0.254 e. The van der Waals surface area contributed by atoms with E-state index in [1.54, 1.807) is 0 Å². The summed E-state index contributed by atoms with van der Waals surface area (Å²) in [5, 5.41) is 11.8. The summed E-state index contributed by atoms with van der Waals surface area (Å²) in [6, 6.07) is 9.72. The number of amides is 1. The first-order chi connectivity index (χ1) is 10.1. The topological polar surface area (TPSA) is 62.2 Å². The second-order valence-electron chi connectivity index (χ2n) is 4.51. The van der Waals surface area contributed by atoms with E-state index in [0.717, 1.165) is 17.8 Å². The molecule has 0 aliphatic heterocycles. The van der Waals surface area contributed by atoms with Crippen molar-refractivity contribution in [1.29, 1.82) is 0 Å². The van der Waals surface area contributed by atoms with Gasteiger partial charge in [-0.15, -0.1) is 0 Å². The first-order valence-electron chi connectivity index (χ1n) is 6.37. The van der Waals surface area contributed by atoms with Crippen LogP contribution in [0, 0.1) is 11.8 Å². The number of rotatable bonds is 5. The highest BCUT2D eigenvalue weighted by molar-refractivity contribution is 5.94. The Morgan fingerprint density at radius 1 is 1.24 bits per heavy atom. The number of halogens is 2. The quantitative estimate of drug-likeness (QED) is 0.824. The maximum absolute atomic E-state index is 13.5. The Morgan fingerprint density at radius 2 is 1.95 bits per heavy atom. The van der Waals surface area contributed by atoms with E-state index in [4.69, 9.17) is 0 Å². The van der Waals surface area contributed by atoms with Crippen molar-refractivity contribution in [3.63, 3.8) is 0 Å². The third-order valence-corrected chi connectivity index (χ3v) is 2.97. The van der Waals surface area contributed by atoms with Crippen LogP contribution in [0.3, 0.4) is 0 Å². The minimum Gasteiger partial charge on any atom is -0.394 e. The lowest BCUT2D eigenvalue weighted by Crippen LogP contribution is -2.39. The van der Waals surface area contributed by atoms with Crippen molar-refractivity contribution in [2.75, 3.05) is 6.61 Å². The first kappa shape index (κ1) is 15.1. The number of carbonyl (C=O) groups is 1. The van der Waals surface area contributed by atoms with E-state index in [1.807, 2.05) is 30.3 Å². The van der Waals surface area contributed by atoms with Crippen LogP contribution in [0.4, 0.5) is 8.78 Å². The molecular formula is C15H14F2N2O2. The first-order valence-corrected chi connectivity index (χ1v) is 6.37. The van der Waals surface area contributed by atoms with E-state index < -0.39 is 29.3 Å². The van der Waals surface area contributed by atoms with Gasteiger partial charge in [-0.25, -0.2) is 9.37 Å². The molecule has 2 rings (SSSR count). The number of aliphatic hydroxyl groups excluding tert-OH is 1. The Balaban J connectivity index is 2.08. The van der Waals surface area contributed by atoms with Gasteiger partial charge in [-0.2, -0.15) is 4.39 Å². The molecule has 1 unspecified atom stereocenters. The van der Waals surface area contributed by atoms with Gasteiger partial charge in [-0.3, -0.25) is 4.79 Å². The van der Waals surface area contributed by atoms with E-state index in [2.05, 4.69) is 10.3 Å². The Bertz CT molecular complexity index is 620. The summed E-state index contributed by atoms with van der Waals surface area (Å²) in [7, 11) is 0. The normalized spacial score (nSPS) is 12.0. The van der Waals surface area contributed by atoms with Gasteiger partial charge < -0.3 is 10.4 Å². The summed E-state index contributed by atoms with van der Waals surface area (Å²) in [4.78, 5) is 15.0. The van der Waals surface area contributed by atoms with Crippen LogP contribution in [0.15, 0.2) is 42.6 Å². The van der Waals surface area contributed by atoms with Gasteiger partial charge in [-0.05, 0) is 18.1 Å². The van der Waals surface area contributed by atoms with Crippen LogP contribution in [0.25, 0.3) is 0 Å². The molecule has 0 radical (unpaired) electrons. The molecule has 2 N–H and O–H groups in total. The number of hydrogen-bond donors (Lipinski definition) is 2. The van der Waals surface area contributed by atoms with Crippen molar-refractivity contribution < 1.29 is 18.7 Å². The maximum atomic E-state index is 13.5. The molecular weight excluding hydrogens is 278 g/mol. The van der Waals surface area contributed by atoms with Gasteiger partial charge in [0.2, 0.25) is 5.95 Å². The van der Waals surface area contributed by atoms with Crippen molar-refractivity contribution in [1.82, 2.24) is 10.3 Å². The van der Waals surface area contributed by atoms with Crippen LogP contribution < -0.4 is 5.32 Å². The lowest BCUT2D eigenvalue weighted by molar-refractivity contribution is 0.0911. The zero-order valence-corrected chi connectivity index (χ0v) is 11.1. The Morgan fingerprint density at radius 3 is 2.62 bits per heavy atom. The van der Waals surface area contributed by atoms with Crippen molar-refractivity contribution >= 4 is 5.91 Å². The molecule has 0 saturated carbocycles. The molecule has 0 aliphatic rings. The molecule has 110 valence electrons. The summed E-state index contributed by atoms with van der Waals surface area (Å²) in [5.41, 5.74) is 0.479. The van der Waals surface area contributed by atoms with Crippen molar-refractivity contribution in [2.24, 2.45) is 0 Å². The van der Waals surface area contributed by atoms with Gasteiger partial charge in [0, 0.05) is 6.20 Å². The lowest BCUT2D eigenvalue weighted by atomic mass is 10.1. The fourth-order valence-corrected chi connectivity index (χ4v) is 1.92. The number of hydrogen-bond acceptors (Lipinski definition) is 3. The number of nitrogens with zero attached hydrogens (tertiary/aromatic N) is 1. The molecule has 1 atom stereocenters. The average Bonchev–Trinajstić information content (AvgIpc) is 2.50. The number of pyridine rings is 1. The monoisotopic (exact) mass is 292 g/mol. The lowest BCUT2D eigenvalue weighted by Gasteiger charge is -2.16. The fraction of sp³-hybridized carbons (Fsp3) is 0.200. The second kappa shape index (κ2) is 6.90.